The van der Waals surface area contributed by atoms with E-state index in [1.165, 1.54) is 218 Å². The Morgan fingerprint density at radius 3 is 1.21 bits per heavy atom. The van der Waals surface area contributed by atoms with Crippen LogP contribution in [-0.4, -0.2) is 81.1 Å². The number of unbranched alkanes of at least 4 members (excludes halogenated alkanes) is 42. The third-order valence-corrected chi connectivity index (χ3v) is 15.6. The number of nitrogens with one attached hydrogen (secondary N) is 1. The highest BCUT2D eigenvalue weighted by molar-refractivity contribution is 5.76. The fraction of sp³-hybridized carbons (Fsp3) is 0.882. The van der Waals surface area contributed by atoms with Gasteiger partial charge >= 0.3 is 5.97 Å². The minimum Gasteiger partial charge on any atom is -0.466 e. The predicted octanol–water partition coefficient (Wildman–Crippen LogP) is 18.1. The Morgan fingerprint density at radius 2 is 0.753 bits per heavy atom. The van der Waals surface area contributed by atoms with Crippen LogP contribution in [0.4, 0.5) is 0 Å². The SMILES string of the molecule is CCCCCCCCCCCCC/C=C/[C@@H](O)[C@H](CO)NC(=O)CCCCCCCCCCCCCCCCCCCC/C=C\CCCCCCCCCOC(=O)CCCCCCC[C@@H](O)[C@H](O)/C=C/[C@H](O)CCCCC. The van der Waals surface area contributed by atoms with E-state index in [-0.39, 0.29) is 18.5 Å². The molecule has 0 fully saturated rings. The maximum atomic E-state index is 12.5. The molecule has 0 aromatic heterocycles. The van der Waals surface area contributed by atoms with Crippen molar-refractivity contribution >= 4 is 11.9 Å². The van der Waals surface area contributed by atoms with Gasteiger partial charge in [0.15, 0.2) is 0 Å². The number of allylic oxidation sites excluding steroid dienone is 3. The van der Waals surface area contributed by atoms with Crippen molar-refractivity contribution in [3.63, 3.8) is 0 Å². The van der Waals surface area contributed by atoms with Gasteiger partial charge in [-0.3, -0.25) is 9.59 Å². The lowest BCUT2D eigenvalue weighted by Gasteiger charge is -2.20. The standard InChI is InChI=1S/C68H129NO8/c1-3-5-7-8-9-10-11-29-32-35-38-42-48-54-64(72)63(61-70)69-67(75)56-50-44-39-36-33-30-27-25-23-21-19-17-15-13-12-14-16-18-20-22-24-26-28-31-34-37-40-46-52-60-77-68(76)57-51-45-41-43-49-55-65(73)66(74)59-58-62(71)53-47-6-4-2/h22,24,48,54,58-59,62-66,70-74H,3-21,23,25-47,49-53,55-57,60-61H2,1-2H3,(H,69,75)/b24-22-,54-48+,59-58+/t62-,63+,64-,65-,66-/m1/s1. The Morgan fingerprint density at radius 1 is 0.390 bits per heavy atom. The van der Waals surface area contributed by atoms with E-state index >= 15 is 0 Å². The van der Waals surface area contributed by atoms with Gasteiger partial charge in [-0.1, -0.05) is 294 Å². The number of carbonyl (C=O) groups is 2. The minimum atomic E-state index is -0.943. The van der Waals surface area contributed by atoms with Gasteiger partial charge in [-0.05, 0) is 70.6 Å². The van der Waals surface area contributed by atoms with Gasteiger partial charge < -0.3 is 35.6 Å². The van der Waals surface area contributed by atoms with Crippen molar-refractivity contribution in [3.05, 3.63) is 36.5 Å². The molecule has 0 bridgehead atoms. The molecule has 454 valence electrons. The summed E-state index contributed by atoms with van der Waals surface area (Å²) in [6.07, 6.45) is 68.3. The highest BCUT2D eigenvalue weighted by atomic mass is 16.5. The lowest BCUT2D eigenvalue weighted by Crippen LogP contribution is -2.45. The van der Waals surface area contributed by atoms with Gasteiger partial charge in [0.1, 0.15) is 0 Å². The lowest BCUT2D eigenvalue weighted by atomic mass is 10.0. The summed E-state index contributed by atoms with van der Waals surface area (Å²) >= 11 is 0. The average molecular weight is 1090 g/mol. The van der Waals surface area contributed by atoms with E-state index in [9.17, 15) is 35.1 Å². The number of carbonyl (C=O) groups excluding carboxylic acids is 2. The topological polar surface area (TPSA) is 157 Å². The number of hydrogen-bond donors (Lipinski definition) is 6. The molecular formula is C68H129NO8. The molecule has 9 nitrogen and oxygen atoms in total. The molecule has 5 atom stereocenters. The molecule has 77 heavy (non-hydrogen) atoms. The first-order valence-corrected chi connectivity index (χ1v) is 33.5. The Bertz CT molecular complexity index is 1300. The van der Waals surface area contributed by atoms with Crippen LogP contribution in [0.3, 0.4) is 0 Å². The monoisotopic (exact) mass is 1090 g/mol. The van der Waals surface area contributed by atoms with Crippen molar-refractivity contribution in [2.45, 2.75) is 372 Å². The van der Waals surface area contributed by atoms with Crippen molar-refractivity contribution in [3.8, 4) is 0 Å². The van der Waals surface area contributed by atoms with E-state index in [0.717, 1.165) is 89.9 Å². The molecule has 0 saturated heterocycles. The Labute approximate surface area is 476 Å². The first kappa shape index (κ1) is 75.0. The fourth-order valence-corrected chi connectivity index (χ4v) is 10.3. The summed E-state index contributed by atoms with van der Waals surface area (Å²) in [4.78, 5) is 24.5. The zero-order valence-corrected chi connectivity index (χ0v) is 50.8. The number of ether oxygens (including phenoxy) is 1. The minimum absolute atomic E-state index is 0.0713. The van der Waals surface area contributed by atoms with E-state index in [1.54, 1.807) is 12.2 Å². The van der Waals surface area contributed by atoms with E-state index in [1.807, 2.05) is 6.08 Å². The first-order chi connectivity index (χ1) is 37.7. The Hall–Kier alpha value is -2.04. The Kier molecular flexibility index (Phi) is 59.9. The number of hydrogen-bond acceptors (Lipinski definition) is 8. The van der Waals surface area contributed by atoms with Crippen LogP contribution in [0.1, 0.15) is 341 Å². The van der Waals surface area contributed by atoms with Crippen LogP contribution in [0.25, 0.3) is 0 Å². The summed E-state index contributed by atoms with van der Waals surface area (Å²) in [5, 5.41) is 53.4. The van der Waals surface area contributed by atoms with Crippen molar-refractivity contribution in [1.29, 1.82) is 0 Å². The van der Waals surface area contributed by atoms with Crippen LogP contribution in [0.5, 0.6) is 0 Å². The van der Waals surface area contributed by atoms with Crippen LogP contribution >= 0.6 is 0 Å². The van der Waals surface area contributed by atoms with E-state index in [2.05, 4.69) is 31.3 Å². The van der Waals surface area contributed by atoms with E-state index in [0.29, 0.717) is 32.3 Å². The molecule has 6 N–H and O–H groups in total. The summed E-state index contributed by atoms with van der Waals surface area (Å²) < 4.78 is 5.44. The largest absolute Gasteiger partial charge is 0.466 e. The quantitative estimate of drug-likeness (QED) is 0.0200. The molecule has 0 heterocycles. The summed E-state index contributed by atoms with van der Waals surface area (Å²) in [6.45, 7) is 4.67. The highest BCUT2D eigenvalue weighted by Gasteiger charge is 2.18. The molecule has 0 radical (unpaired) electrons. The summed E-state index contributed by atoms with van der Waals surface area (Å²) in [5.74, 6) is -0.159. The van der Waals surface area contributed by atoms with Crippen molar-refractivity contribution in [1.82, 2.24) is 5.32 Å². The van der Waals surface area contributed by atoms with Crippen LogP contribution in [-0.2, 0) is 14.3 Å². The maximum Gasteiger partial charge on any atom is 0.305 e. The van der Waals surface area contributed by atoms with Gasteiger partial charge in [0.05, 0.1) is 43.7 Å². The maximum absolute atomic E-state index is 12.5. The molecular weight excluding hydrogens is 959 g/mol. The lowest BCUT2D eigenvalue weighted by molar-refractivity contribution is -0.143. The summed E-state index contributed by atoms with van der Waals surface area (Å²) in [6, 6.07) is -0.632. The Balaban J connectivity index is 3.43. The number of rotatable bonds is 62. The molecule has 9 heteroatoms. The molecule has 0 aliphatic carbocycles. The second kappa shape index (κ2) is 61.6. The second-order valence-corrected chi connectivity index (χ2v) is 23.3. The van der Waals surface area contributed by atoms with E-state index < -0.39 is 30.5 Å². The third kappa shape index (κ3) is 57.0. The molecule has 0 aromatic rings. The van der Waals surface area contributed by atoms with Crippen molar-refractivity contribution in [2.75, 3.05) is 13.2 Å². The van der Waals surface area contributed by atoms with Gasteiger partial charge in [-0.2, -0.15) is 0 Å². The molecule has 0 aliphatic heterocycles. The highest BCUT2D eigenvalue weighted by Crippen LogP contribution is 2.18. The van der Waals surface area contributed by atoms with E-state index in [4.69, 9.17) is 4.74 Å². The van der Waals surface area contributed by atoms with Crippen LogP contribution in [0.2, 0.25) is 0 Å². The first-order valence-electron chi connectivity index (χ1n) is 33.5. The number of amides is 1. The molecule has 0 aromatic carbocycles. The molecule has 0 spiro atoms. The molecule has 0 unspecified atom stereocenters. The van der Waals surface area contributed by atoms with Gasteiger partial charge in [-0.25, -0.2) is 0 Å². The van der Waals surface area contributed by atoms with Gasteiger partial charge in [0, 0.05) is 12.8 Å². The fourth-order valence-electron chi connectivity index (χ4n) is 10.3. The number of aliphatic hydroxyl groups is 5. The van der Waals surface area contributed by atoms with Gasteiger partial charge in [0.25, 0.3) is 0 Å². The second-order valence-electron chi connectivity index (χ2n) is 23.3. The van der Waals surface area contributed by atoms with Gasteiger partial charge in [-0.15, -0.1) is 0 Å². The molecule has 1 amide bonds. The normalized spacial score (nSPS) is 14.0. The molecule has 0 aliphatic rings. The van der Waals surface area contributed by atoms with Gasteiger partial charge in [0.2, 0.25) is 5.91 Å². The van der Waals surface area contributed by atoms with Crippen molar-refractivity contribution < 1.29 is 39.9 Å². The number of esters is 1. The van der Waals surface area contributed by atoms with Crippen LogP contribution < -0.4 is 5.32 Å². The van der Waals surface area contributed by atoms with Crippen LogP contribution in [0, 0.1) is 0 Å². The third-order valence-electron chi connectivity index (χ3n) is 15.6. The van der Waals surface area contributed by atoms with Crippen LogP contribution in [0.15, 0.2) is 36.5 Å². The smallest absolute Gasteiger partial charge is 0.305 e. The average Bonchev–Trinajstić information content (AvgIpc) is 3.42. The zero-order valence-electron chi connectivity index (χ0n) is 50.8. The zero-order chi connectivity index (χ0) is 56.2. The predicted molar refractivity (Wildman–Crippen MR) is 328 cm³/mol. The molecule has 0 saturated carbocycles. The number of aliphatic hydroxyl groups excluding tert-OH is 5. The summed E-state index contributed by atoms with van der Waals surface area (Å²) in [7, 11) is 0. The van der Waals surface area contributed by atoms with Crippen molar-refractivity contribution in [2.24, 2.45) is 0 Å². The molecule has 0 rings (SSSR count). The summed E-state index contributed by atoms with van der Waals surface area (Å²) in [5.41, 5.74) is 0.